The standard InChI is InChI=1S/C28H31N3O3/c1-3-24(21-13-9-6-10-14-21)31-19-22-17-23(15-16-26(22)34-25(4-2)27(31)32)30-28(33)29-18-20-11-7-5-8-12-20/h5-17,24-25H,3-4,18-19H2,1-2H3,(H2,29,30,33). The van der Waals surface area contributed by atoms with Crippen LogP contribution in [0, 0.1) is 0 Å². The predicted octanol–water partition coefficient (Wildman–Crippen LogP) is 5.66. The van der Waals surface area contributed by atoms with Crippen LogP contribution in [0.4, 0.5) is 10.5 Å². The molecule has 176 valence electrons. The molecule has 0 spiro atoms. The number of ether oxygens (including phenoxy) is 1. The zero-order valence-electron chi connectivity index (χ0n) is 19.7. The van der Waals surface area contributed by atoms with Gasteiger partial charge in [0.05, 0.1) is 12.6 Å². The molecule has 3 aromatic carbocycles. The van der Waals surface area contributed by atoms with E-state index in [9.17, 15) is 9.59 Å². The Labute approximate surface area is 200 Å². The van der Waals surface area contributed by atoms with Crippen molar-refractivity contribution in [3.63, 3.8) is 0 Å². The van der Waals surface area contributed by atoms with E-state index in [1.807, 2.05) is 78.6 Å². The number of nitrogens with one attached hydrogen (secondary N) is 2. The molecule has 6 heteroatoms. The first-order chi connectivity index (χ1) is 16.6. The summed E-state index contributed by atoms with van der Waals surface area (Å²) in [5.74, 6) is 0.672. The molecule has 2 atom stereocenters. The molecule has 0 aliphatic carbocycles. The first-order valence-corrected chi connectivity index (χ1v) is 11.8. The molecule has 3 aromatic rings. The monoisotopic (exact) mass is 457 g/mol. The van der Waals surface area contributed by atoms with E-state index in [0.717, 1.165) is 23.1 Å². The Morgan fingerprint density at radius 3 is 2.41 bits per heavy atom. The Morgan fingerprint density at radius 2 is 1.74 bits per heavy atom. The number of rotatable bonds is 7. The van der Waals surface area contributed by atoms with E-state index in [2.05, 4.69) is 29.7 Å². The number of fused-ring (bicyclic) bond motifs is 1. The largest absolute Gasteiger partial charge is 0.480 e. The van der Waals surface area contributed by atoms with E-state index < -0.39 is 6.10 Å². The second-order valence-corrected chi connectivity index (χ2v) is 8.43. The Morgan fingerprint density at radius 1 is 1.03 bits per heavy atom. The topological polar surface area (TPSA) is 70.7 Å². The summed E-state index contributed by atoms with van der Waals surface area (Å²) in [4.78, 5) is 27.8. The highest BCUT2D eigenvalue weighted by atomic mass is 16.5. The van der Waals surface area contributed by atoms with Gasteiger partial charge < -0.3 is 20.3 Å². The van der Waals surface area contributed by atoms with Crippen LogP contribution in [-0.4, -0.2) is 22.9 Å². The lowest BCUT2D eigenvalue weighted by Crippen LogP contribution is -2.41. The van der Waals surface area contributed by atoms with Crippen LogP contribution in [0.25, 0.3) is 0 Å². The maximum absolute atomic E-state index is 13.4. The van der Waals surface area contributed by atoms with E-state index in [0.29, 0.717) is 30.9 Å². The van der Waals surface area contributed by atoms with Crippen LogP contribution in [0.15, 0.2) is 78.9 Å². The van der Waals surface area contributed by atoms with Crippen LogP contribution in [0.3, 0.4) is 0 Å². The third-order valence-electron chi connectivity index (χ3n) is 6.10. The maximum Gasteiger partial charge on any atom is 0.319 e. The van der Waals surface area contributed by atoms with Gasteiger partial charge in [-0.05, 0) is 42.2 Å². The van der Waals surface area contributed by atoms with Crippen molar-refractivity contribution < 1.29 is 14.3 Å². The third kappa shape index (κ3) is 5.39. The highest BCUT2D eigenvalue weighted by Gasteiger charge is 2.34. The summed E-state index contributed by atoms with van der Waals surface area (Å²) >= 11 is 0. The van der Waals surface area contributed by atoms with Crippen LogP contribution in [0.2, 0.25) is 0 Å². The van der Waals surface area contributed by atoms with Crippen molar-refractivity contribution in [1.82, 2.24) is 10.2 Å². The molecular weight excluding hydrogens is 426 g/mol. The van der Waals surface area contributed by atoms with Gasteiger partial charge in [0.25, 0.3) is 5.91 Å². The van der Waals surface area contributed by atoms with Gasteiger partial charge in [-0.3, -0.25) is 4.79 Å². The second kappa shape index (κ2) is 10.9. The molecular formula is C28H31N3O3. The number of anilines is 1. The van der Waals surface area contributed by atoms with Crippen molar-refractivity contribution >= 4 is 17.6 Å². The first kappa shape index (κ1) is 23.4. The highest BCUT2D eigenvalue weighted by molar-refractivity contribution is 5.89. The fourth-order valence-corrected chi connectivity index (χ4v) is 4.33. The van der Waals surface area contributed by atoms with Gasteiger partial charge in [-0.25, -0.2) is 4.79 Å². The molecule has 3 amide bonds. The molecule has 0 saturated heterocycles. The summed E-state index contributed by atoms with van der Waals surface area (Å²) < 4.78 is 6.12. The fraction of sp³-hybridized carbons (Fsp3) is 0.286. The number of hydrogen-bond acceptors (Lipinski definition) is 3. The number of carbonyl (C=O) groups is 2. The van der Waals surface area contributed by atoms with Crippen molar-refractivity contribution in [2.24, 2.45) is 0 Å². The quantitative estimate of drug-likeness (QED) is 0.481. The Hall–Kier alpha value is -3.80. The van der Waals surface area contributed by atoms with Crippen LogP contribution in [0.1, 0.15) is 49.4 Å². The number of hydrogen-bond donors (Lipinski definition) is 2. The lowest BCUT2D eigenvalue weighted by atomic mass is 10.0. The summed E-state index contributed by atoms with van der Waals surface area (Å²) in [5, 5.41) is 5.77. The molecule has 0 bridgehead atoms. The Balaban J connectivity index is 1.54. The van der Waals surface area contributed by atoms with Gasteiger partial charge in [0.2, 0.25) is 0 Å². The van der Waals surface area contributed by atoms with Gasteiger partial charge in [0.15, 0.2) is 6.10 Å². The number of amides is 3. The molecule has 0 saturated carbocycles. The van der Waals surface area contributed by atoms with E-state index in [1.165, 1.54) is 0 Å². The van der Waals surface area contributed by atoms with Gasteiger partial charge in [0.1, 0.15) is 5.75 Å². The van der Waals surface area contributed by atoms with Gasteiger partial charge >= 0.3 is 6.03 Å². The number of benzene rings is 3. The van der Waals surface area contributed by atoms with Gasteiger partial charge in [-0.1, -0.05) is 74.5 Å². The molecule has 0 radical (unpaired) electrons. The molecule has 2 N–H and O–H groups in total. The molecule has 0 fully saturated rings. The average molecular weight is 458 g/mol. The fourth-order valence-electron chi connectivity index (χ4n) is 4.33. The zero-order valence-corrected chi connectivity index (χ0v) is 19.7. The molecule has 1 aliphatic heterocycles. The van der Waals surface area contributed by atoms with E-state index in [1.54, 1.807) is 0 Å². The van der Waals surface area contributed by atoms with Crippen molar-refractivity contribution in [2.45, 2.75) is 51.9 Å². The highest BCUT2D eigenvalue weighted by Crippen LogP contribution is 2.34. The van der Waals surface area contributed by atoms with Crippen LogP contribution in [-0.2, 0) is 17.9 Å². The van der Waals surface area contributed by atoms with Crippen LogP contribution in [0.5, 0.6) is 5.75 Å². The minimum absolute atomic E-state index is 0.00971. The molecule has 4 rings (SSSR count). The third-order valence-corrected chi connectivity index (χ3v) is 6.10. The van der Waals surface area contributed by atoms with Crippen molar-refractivity contribution in [3.05, 3.63) is 95.6 Å². The normalized spacial score (nSPS) is 16.1. The Kier molecular flexibility index (Phi) is 7.48. The summed E-state index contributed by atoms with van der Waals surface area (Å²) in [5.41, 5.74) is 3.66. The van der Waals surface area contributed by atoms with Crippen LogP contribution >= 0.6 is 0 Å². The number of carbonyl (C=O) groups excluding carboxylic acids is 2. The van der Waals surface area contributed by atoms with Crippen molar-refractivity contribution in [3.8, 4) is 5.75 Å². The van der Waals surface area contributed by atoms with E-state index in [4.69, 9.17) is 4.74 Å². The van der Waals surface area contributed by atoms with Crippen molar-refractivity contribution in [2.75, 3.05) is 5.32 Å². The van der Waals surface area contributed by atoms with E-state index >= 15 is 0 Å². The van der Waals surface area contributed by atoms with Crippen molar-refractivity contribution in [1.29, 1.82) is 0 Å². The number of nitrogens with zero attached hydrogens (tertiary/aromatic N) is 1. The molecule has 0 aromatic heterocycles. The summed E-state index contributed by atoms with van der Waals surface area (Å²) in [6, 6.07) is 25.1. The molecule has 34 heavy (non-hydrogen) atoms. The minimum atomic E-state index is -0.535. The van der Waals surface area contributed by atoms with Gasteiger partial charge in [0, 0.05) is 17.8 Å². The molecule has 1 heterocycles. The number of urea groups is 1. The maximum atomic E-state index is 13.4. The zero-order chi connectivity index (χ0) is 23.9. The molecule has 6 nitrogen and oxygen atoms in total. The summed E-state index contributed by atoms with van der Waals surface area (Å²) in [6.45, 7) is 4.91. The van der Waals surface area contributed by atoms with Gasteiger partial charge in [-0.2, -0.15) is 0 Å². The van der Waals surface area contributed by atoms with E-state index in [-0.39, 0.29) is 18.0 Å². The summed E-state index contributed by atoms with van der Waals surface area (Å²) in [7, 11) is 0. The molecule has 1 aliphatic rings. The summed E-state index contributed by atoms with van der Waals surface area (Å²) in [6.07, 6.45) is 0.843. The second-order valence-electron chi connectivity index (χ2n) is 8.43. The lowest BCUT2D eigenvalue weighted by molar-refractivity contribution is -0.141. The SMILES string of the molecule is CCC1Oc2ccc(NC(=O)NCc3ccccc3)cc2CN(C(CC)c2ccccc2)C1=O. The first-order valence-electron chi connectivity index (χ1n) is 11.8. The Bertz CT molecular complexity index is 1120. The average Bonchev–Trinajstić information content (AvgIpc) is 3.01. The predicted molar refractivity (Wildman–Crippen MR) is 133 cm³/mol. The lowest BCUT2D eigenvalue weighted by Gasteiger charge is -2.32. The molecule has 2 unspecified atom stereocenters. The minimum Gasteiger partial charge on any atom is -0.480 e. The smallest absolute Gasteiger partial charge is 0.319 e. The van der Waals surface area contributed by atoms with Crippen LogP contribution < -0.4 is 15.4 Å². The van der Waals surface area contributed by atoms with Gasteiger partial charge in [-0.15, -0.1) is 0 Å².